The van der Waals surface area contributed by atoms with Gasteiger partial charge in [0.05, 0.1) is 5.56 Å². The number of benzene rings is 1. The maximum atomic E-state index is 10.9. The summed E-state index contributed by atoms with van der Waals surface area (Å²) < 4.78 is 1.16. The number of aromatic carboxylic acids is 1. The number of fused-ring (bicyclic) bond motifs is 1. The Morgan fingerprint density at radius 1 is 1.39 bits per heavy atom. The molecule has 1 aliphatic rings. The average molecular weight is 261 g/mol. The van der Waals surface area contributed by atoms with E-state index in [4.69, 9.17) is 5.11 Å². The van der Waals surface area contributed by atoms with Gasteiger partial charge in [0.1, 0.15) is 0 Å². The first kappa shape index (κ1) is 11.7. The van der Waals surface area contributed by atoms with Gasteiger partial charge in [-0.15, -0.1) is 11.3 Å². The average Bonchev–Trinajstić information content (AvgIpc) is 2.68. The molecule has 0 radical (unpaired) electrons. The van der Waals surface area contributed by atoms with Gasteiger partial charge in [-0.05, 0) is 42.5 Å². The summed E-state index contributed by atoms with van der Waals surface area (Å²) in [4.78, 5) is 12.2. The molecule has 0 unspecified atom stereocenters. The van der Waals surface area contributed by atoms with E-state index in [9.17, 15) is 4.79 Å². The first-order valence-corrected chi connectivity index (χ1v) is 7.03. The Kier molecular flexibility index (Phi) is 3.06. The minimum absolute atomic E-state index is 0.360. The van der Waals surface area contributed by atoms with Crippen molar-refractivity contribution in [1.29, 1.82) is 0 Å². The van der Waals surface area contributed by atoms with E-state index >= 15 is 0 Å². The van der Waals surface area contributed by atoms with Crippen molar-refractivity contribution in [2.24, 2.45) is 0 Å². The second kappa shape index (κ2) is 4.71. The van der Waals surface area contributed by atoms with Crippen molar-refractivity contribution in [3.05, 3.63) is 34.7 Å². The minimum Gasteiger partial charge on any atom is -0.478 e. The van der Waals surface area contributed by atoms with E-state index in [2.05, 4.69) is 11.4 Å². The monoisotopic (exact) mass is 261 g/mol. The predicted molar refractivity (Wildman–Crippen MR) is 73.3 cm³/mol. The van der Waals surface area contributed by atoms with Gasteiger partial charge in [0.25, 0.3) is 0 Å². The lowest BCUT2D eigenvalue weighted by Crippen LogP contribution is -2.34. The molecule has 0 amide bonds. The number of carboxylic acid groups (broad SMARTS) is 1. The summed E-state index contributed by atoms with van der Waals surface area (Å²) >= 11 is 1.74. The molecule has 94 valence electrons. The summed E-state index contributed by atoms with van der Waals surface area (Å²) in [5, 5.41) is 13.5. The quantitative estimate of drug-likeness (QED) is 0.888. The third kappa shape index (κ3) is 2.26. The van der Waals surface area contributed by atoms with Gasteiger partial charge in [0.2, 0.25) is 0 Å². The van der Waals surface area contributed by atoms with Crippen LogP contribution in [0.4, 0.5) is 0 Å². The first-order valence-electron chi connectivity index (χ1n) is 6.21. The smallest absolute Gasteiger partial charge is 0.335 e. The van der Waals surface area contributed by atoms with Crippen LogP contribution >= 0.6 is 11.3 Å². The van der Waals surface area contributed by atoms with E-state index in [0.29, 0.717) is 11.6 Å². The van der Waals surface area contributed by atoms with Crippen molar-refractivity contribution in [3.63, 3.8) is 0 Å². The van der Waals surface area contributed by atoms with E-state index < -0.39 is 5.97 Å². The third-order valence-corrected chi connectivity index (χ3v) is 4.60. The van der Waals surface area contributed by atoms with Gasteiger partial charge in [0.15, 0.2) is 0 Å². The van der Waals surface area contributed by atoms with Crippen LogP contribution in [0.25, 0.3) is 10.1 Å². The molecule has 0 bridgehead atoms. The molecule has 1 aromatic carbocycles. The van der Waals surface area contributed by atoms with Crippen LogP contribution in [0.2, 0.25) is 0 Å². The number of hydrogen-bond donors (Lipinski definition) is 2. The first-order chi connectivity index (χ1) is 8.72. The van der Waals surface area contributed by atoms with Crippen LogP contribution in [-0.2, 0) is 6.54 Å². The Morgan fingerprint density at radius 3 is 2.89 bits per heavy atom. The summed E-state index contributed by atoms with van der Waals surface area (Å²) in [5.74, 6) is -0.864. The Balaban J connectivity index is 1.79. The van der Waals surface area contributed by atoms with E-state index in [1.807, 2.05) is 6.07 Å². The lowest BCUT2D eigenvalue weighted by molar-refractivity contribution is 0.0697. The molecule has 2 N–H and O–H groups in total. The molecule has 1 aromatic heterocycles. The van der Waals surface area contributed by atoms with Crippen LogP contribution in [-0.4, -0.2) is 17.1 Å². The molecule has 3 nitrogen and oxygen atoms in total. The Labute approximate surface area is 109 Å². The van der Waals surface area contributed by atoms with E-state index in [1.54, 1.807) is 23.5 Å². The van der Waals surface area contributed by atoms with Crippen molar-refractivity contribution >= 4 is 27.4 Å². The number of carbonyl (C=O) groups is 1. The zero-order chi connectivity index (χ0) is 12.5. The van der Waals surface area contributed by atoms with Crippen LogP contribution in [0.3, 0.4) is 0 Å². The molecule has 2 aromatic rings. The van der Waals surface area contributed by atoms with Gasteiger partial charge in [-0.3, -0.25) is 0 Å². The fourth-order valence-electron chi connectivity index (χ4n) is 2.18. The van der Waals surface area contributed by atoms with Gasteiger partial charge in [0, 0.05) is 22.2 Å². The molecule has 3 rings (SSSR count). The van der Waals surface area contributed by atoms with Crippen molar-refractivity contribution in [2.45, 2.75) is 31.8 Å². The molecule has 1 saturated carbocycles. The van der Waals surface area contributed by atoms with Crippen molar-refractivity contribution in [1.82, 2.24) is 5.32 Å². The zero-order valence-electron chi connectivity index (χ0n) is 9.98. The molecule has 1 heterocycles. The van der Waals surface area contributed by atoms with E-state index in [-0.39, 0.29) is 0 Å². The maximum absolute atomic E-state index is 10.9. The second-order valence-electron chi connectivity index (χ2n) is 4.78. The van der Waals surface area contributed by atoms with Gasteiger partial charge in [-0.2, -0.15) is 0 Å². The molecule has 1 aliphatic carbocycles. The van der Waals surface area contributed by atoms with Crippen LogP contribution in [0.1, 0.15) is 34.5 Å². The molecular formula is C14H15NO2S. The second-order valence-corrected chi connectivity index (χ2v) is 5.95. The largest absolute Gasteiger partial charge is 0.478 e. The summed E-state index contributed by atoms with van der Waals surface area (Å²) in [6.07, 6.45) is 3.91. The lowest BCUT2D eigenvalue weighted by Gasteiger charge is -2.26. The molecule has 0 atom stereocenters. The summed E-state index contributed by atoms with van der Waals surface area (Å²) in [6.45, 7) is 0.895. The highest BCUT2D eigenvalue weighted by Gasteiger charge is 2.16. The molecular weight excluding hydrogens is 246 g/mol. The minimum atomic E-state index is -0.864. The van der Waals surface area contributed by atoms with Crippen LogP contribution in [0.5, 0.6) is 0 Å². The number of nitrogens with one attached hydrogen (secondary N) is 1. The Bertz CT molecular complexity index is 586. The molecule has 18 heavy (non-hydrogen) atoms. The number of thiophene rings is 1. The topological polar surface area (TPSA) is 49.3 Å². The molecule has 0 saturated heterocycles. The van der Waals surface area contributed by atoms with Crippen LogP contribution < -0.4 is 5.32 Å². The third-order valence-electron chi connectivity index (χ3n) is 3.48. The predicted octanol–water partition coefficient (Wildman–Crippen LogP) is 3.24. The summed E-state index contributed by atoms with van der Waals surface area (Å²) in [7, 11) is 0. The summed E-state index contributed by atoms with van der Waals surface area (Å²) in [5.41, 5.74) is 0.360. The highest BCUT2D eigenvalue weighted by atomic mass is 32.1. The van der Waals surface area contributed by atoms with Gasteiger partial charge in [-0.25, -0.2) is 4.79 Å². The van der Waals surface area contributed by atoms with Gasteiger partial charge < -0.3 is 10.4 Å². The maximum Gasteiger partial charge on any atom is 0.335 e. The number of carboxylic acids is 1. The van der Waals surface area contributed by atoms with Crippen LogP contribution in [0.15, 0.2) is 24.3 Å². The normalized spacial score (nSPS) is 15.8. The summed E-state index contributed by atoms with van der Waals surface area (Å²) in [6, 6.07) is 8.10. The molecule has 0 spiro atoms. The molecule has 4 heteroatoms. The van der Waals surface area contributed by atoms with Crippen molar-refractivity contribution < 1.29 is 9.90 Å². The van der Waals surface area contributed by atoms with E-state index in [0.717, 1.165) is 16.6 Å². The van der Waals surface area contributed by atoms with Crippen molar-refractivity contribution in [2.75, 3.05) is 0 Å². The van der Waals surface area contributed by atoms with Gasteiger partial charge >= 0.3 is 5.97 Å². The Hall–Kier alpha value is -1.39. The standard InChI is InChI=1S/C14H15NO2S/c16-14(17)9-4-5-13-10(6-9)7-12(18-13)8-15-11-2-1-3-11/h4-7,11,15H,1-3,8H2,(H,16,17). The highest BCUT2D eigenvalue weighted by Crippen LogP contribution is 2.27. The highest BCUT2D eigenvalue weighted by molar-refractivity contribution is 7.19. The lowest BCUT2D eigenvalue weighted by atomic mass is 9.93. The zero-order valence-corrected chi connectivity index (χ0v) is 10.8. The SMILES string of the molecule is O=C(O)c1ccc2sc(CNC3CCC3)cc2c1. The van der Waals surface area contributed by atoms with Gasteiger partial charge in [-0.1, -0.05) is 6.42 Å². The number of rotatable bonds is 4. The number of hydrogen-bond acceptors (Lipinski definition) is 3. The fraction of sp³-hybridized carbons (Fsp3) is 0.357. The molecule has 0 aliphatic heterocycles. The van der Waals surface area contributed by atoms with E-state index in [1.165, 1.54) is 24.1 Å². The Morgan fingerprint density at radius 2 is 2.22 bits per heavy atom. The van der Waals surface area contributed by atoms with Crippen LogP contribution in [0, 0.1) is 0 Å². The fourth-order valence-corrected chi connectivity index (χ4v) is 3.17. The van der Waals surface area contributed by atoms with Crippen molar-refractivity contribution in [3.8, 4) is 0 Å². The molecule has 1 fully saturated rings.